The van der Waals surface area contributed by atoms with Crippen molar-refractivity contribution in [3.63, 3.8) is 0 Å². The Balaban J connectivity index is 2.27. The molecule has 0 radical (unpaired) electrons. The second-order valence-electron chi connectivity index (χ2n) is 5.41. The van der Waals surface area contributed by atoms with Crippen LogP contribution in [0, 0.1) is 0 Å². The SMILES string of the molecule is CC(=O)Oc1cccc2[nH]cc(CCN(C)C(C)C)c12. The van der Waals surface area contributed by atoms with E-state index >= 15 is 0 Å². The normalized spacial score (nSPS) is 11.5. The lowest BCUT2D eigenvalue weighted by Crippen LogP contribution is -2.28. The van der Waals surface area contributed by atoms with Crippen molar-refractivity contribution in [3.8, 4) is 5.75 Å². The van der Waals surface area contributed by atoms with E-state index in [1.54, 1.807) is 0 Å². The molecule has 0 saturated carbocycles. The standard InChI is InChI=1S/C16H22N2O2/c1-11(2)18(4)9-8-13-10-17-14-6-5-7-15(16(13)14)20-12(3)19/h5-7,10-11,17H,8-9H2,1-4H3. The highest BCUT2D eigenvalue weighted by atomic mass is 16.5. The predicted octanol–water partition coefficient (Wildman–Crippen LogP) is 2.98. The molecule has 2 aromatic rings. The van der Waals surface area contributed by atoms with Crippen LogP contribution in [-0.4, -0.2) is 35.5 Å². The summed E-state index contributed by atoms with van der Waals surface area (Å²) in [5, 5.41) is 1.01. The van der Waals surface area contributed by atoms with Crippen LogP contribution < -0.4 is 4.74 Å². The van der Waals surface area contributed by atoms with Crippen molar-refractivity contribution in [1.82, 2.24) is 9.88 Å². The van der Waals surface area contributed by atoms with Gasteiger partial charge in [0.15, 0.2) is 0 Å². The van der Waals surface area contributed by atoms with Crippen LogP contribution in [0.1, 0.15) is 26.3 Å². The molecule has 0 fully saturated rings. The third-order valence-electron chi connectivity index (χ3n) is 3.62. The van der Waals surface area contributed by atoms with E-state index in [4.69, 9.17) is 4.74 Å². The fourth-order valence-corrected chi connectivity index (χ4v) is 2.21. The summed E-state index contributed by atoms with van der Waals surface area (Å²) >= 11 is 0. The van der Waals surface area contributed by atoms with Gasteiger partial charge >= 0.3 is 5.97 Å². The number of ether oxygens (including phenoxy) is 1. The van der Waals surface area contributed by atoms with Crippen LogP contribution in [0.3, 0.4) is 0 Å². The molecule has 108 valence electrons. The average Bonchev–Trinajstić information content (AvgIpc) is 2.79. The lowest BCUT2D eigenvalue weighted by molar-refractivity contribution is -0.131. The summed E-state index contributed by atoms with van der Waals surface area (Å²) in [5.41, 5.74) is 2.19. The molecule has 0 saturated heterocycles. The van der Waals surface area contributed by atoms with Crippen molar-refractivity contribution in [3.05, 3.63) is 30.0 Å². The smallest absolute Gasteiger partial charge is 0.308 e. The molecule has 1 heterocycles. The van der Waals surface area contributed by atoms with Gasteiger partial charge in [0, 0.05) is 36.6 Å². The molecule has 2 rings (SSSR count). The Labute approximate surface area is 119 Å². The van der Waals surface area contributed by atoms with Crippen LogP contribution >= 0.6 is 0 Å². The number of aromatic nitrogens is 1. The number of H-pyrrole nitrogens is 1. The first-order valence-electron chi connectivity index (χ1n) is 6.96. The largest absolute Gasteiger partial charge is 0.426 e. The van der Waals surface area contributed by atoms with Crippen LogP contribution in [-0.2, 0) is 11.2 Å². The second kappa shape index (κ2) is 6.09. The molecule has 0 spiro atoms. The van der Waals surface area contributed by atoms with Gasteiger partial charge in [-0.3, -0.25) is 4.79 Å². The van der Waals surface area contributed by atoms with Crippen molar-refractivity contribution < 1.29 is 9.53 Å². The summed E-state index contributed by atoms with van der Waals surface area (Å²) < 4.78 is 5.31. The highest BCUT2D eigenvalue weighted by Gasteiger charge is 2.12. The van der Waals surface area contributed by atoms with Crippen LogP contribution in [0.25, 0.3) is 10.9 Å². The second-order valence-corrected chi connectivity index (χ2v) is 5.41. The zero-order valence-electron chi connectivity index (χ0n) is 12.6. The van der Waals surface area contributed by atoms with E-state index in [1.165, 1.54) is 12.5 Å². The minimum absolute atomic E-state index is 0.288. The fourth-order valence-electron chi connectivity index (χ4n) is 2.21. The van der Waals surface area contributed by atoms with Crippen LogP contribution in [0.4, 0.5) is 0 Å². The highest BCUT2D eigenvalue weighted by molar-refractivity contribution is 5.91. The minimum atomic E-state index is -0.288. The molecular weight excluding hydrogens is 252 g/mol. The quantitative estimate of drug-likeness (QED) is 0.673. The Kier molecular flexibility index (Phi) is 4.45. The number of hydrogen-bond acceptors (Lipinski definition) is 3. The van der Waals surface area contributed by atoms with E-state index in [0.29, 0.717) is 11.8 Å². The maximum absolute atomic E-state index is 11.2. The van der Waals surface area contributed by atoms with Crippen molar-refractivity contribution >= 4 is 16.9 Å². The molecule has 0 unspecified atom stereocenters. The molecule has 4 heteroatoms. The van der Waals surface area contributed by atoms with Gasteiger partial charge in [-0.1, -0.05) is 6.07 Å². The zero-order valence-corrected chi connectivity index (χ0v) is 12.6. The summed E-state index contributed by atoms with van der Waals surface area (Å²) in [6, 6.07) is 6.25. The van der Waals surface area contributed by atoms with E-state index in [1.807, 2.05) is 24.4 Å². The van der Waals surface area contributed by atoms with Gasteiger partial charge in [-0.05, 0) is 45.0 Å². The average molecular weight is 274 g/mol. The number of carbonyl (C=O) groups is 1. The molecule has 20 heavy (non-hydrogen) atoms. The number of nitrogens with one attached hydrogen (secondary N) is 1. The molecule has 1 aromatic carbocycles. The number of hydrogen-bond donors (Lipinski definition) is 1. The first-order valence-corrected chi connectivity index (χ1v) is 6.96. The molecule has 0 aliphatic carbocycles. The third kappa shape index (κ3) is 3.20. The van der Waals surface area contributed by atoms with Gasteiger partial charge in [-0.25, -0.2) is 0 Å². The number of esters is 1. The fraction of sp³-hybridized carbons (Fsp3) is 0.438. The zero-order chi connectivity index (χ0) is 14.7. The van der Waals surface area contributed by atoms with Crippen LogP contribution in [0.5, 0.6) is 5.75 Å². The summed E-state index contributed by atoms with van der Waals surface area (Å²) in [7, 11) is 2.12. The van der Waals surface area contributed by atoms with Crippen molar-refractivity contribution in [2.45, 2.75) is 33.2 Å². The van der Waals surface area contributed by atoms with Crippen LogP contribution in [0.2, 0.25) is 0 Å². The van der Waals surface area contributed by atoms with E-state index in [0.717, 1.165) is 23.9 Å². The van der Waals surface area contributed by atoms with E-state index < -0.39 is 0 Å². The summed E-state index contributed by atoms with van der Waals surface area (Å²) in [5.74, 6) is 0.349. The van der Waals surface area contributed by atoms with Gasteiger partial charge in [-0.15, -0.1) is 0 Å². The number of aromatic amines is 1. The molecule has 0 atom stereocenters. The topological polar surface area (TPSA) is 45.3 Å². The van der Waals surface area contributed by atoms with E-state index in [2.05, 4.69) is 30.8 Å². The monoisotopic (exact) mass is 274 g/mol. The number of carbonyl (C=O) groups excluding carboxylic acids is 1. The van der Waals surface area contributed by atoms with Crippen molar-refractivity contribution in [2.75, 3.05) is 13.6 Å². The molecule has 0 amide bonds. The Bertz CT molecular complexity index is 602. The predicted molar refractivity (Wildman–Crippen MR) is 81.1 cm³/mol. The maximum Gasteiger partial charge on any atom is 0.308 e. The molecule has 0 aliphatic heterocycles. The first-order chi connectivity index (χ1) is 9.49. The van der Waals surface area contributed by atoms with Crippen molar-refractivity contribution in [2.24, 2.45) is 0 Å². The summed E-state index contributed by atoms with van der Waals surface area (Å²) in [4.78, 5) is 16.7. The first kappa shape index (κ1) is 14.6. The van der Waals surface area contributed by atoms with Gasteiger partial charge in [0.2, 0.25) is 0 Å². The molecular formula is C16H22N2O2. The molecule has 0 bridgehead atoms. The third-order valence-corrected chi connectivity index (χ3v) is 3.62. The van der Waals surface area contributed by atoms with Gasteiger partial charge in [0.1, 0.15) is 5.75 Å². The van der Waals surface area contributed by atoms with Crippen LogP contribution in [0.15, 0.2) is 24.4 Å². The van der Waals surface area contributed by atoms with Gasteiger partial charge < -0.3 is 14.6 Å². The minimum Gasteiger partial charge on any atom is -0.426 e. The van der Waals surface area contributed by atoms with E-state index in [9.17, 15) is 4.79 Å². The Morgan fingerprint density at radius 2 is 2.15 bits per heavy atom. The number of nitrogens with zero attached hydrogens (tertiary/aromatic N) is 1. The van der Waals surface area contributed by atoms with Gasteiger partial charge in [0.25, 0.3) is 0 Å². The highest BCUT2D eigenvalue weighted by Crippen LogP contribution is 2.29. The molecule has 1 N–H and O–H groups in total. The van der Waals surface area contributed by atoms with E-state index in [-0.39, 0.29) is 5.97 Å². The molecule has 4 nitrogen and oxygen atoms in total. The van der Waals surface area contributed by atoms with Gasteiger partial charge in [-0.2, -0.15) is 0 Å². The van der Waals surface area contributed by atoms with Crippen molar-refractivity contribution in [1.29, 1.82) is 0 Å². The molecule has 0 aliphatic rings. The lowest BCUT2D eigenvalue weighted by atomic mass is 10.1. The number of likely N-dealkylation sites (N-methyl/N-ethyl adjacent to an activating group) is 1. The number of rotatable bonds is 5. The summed E-state index contributed by atoms with van der Waals surface area (Å²) in [6.45, 7) is 6.76. The summed E-state index contributed by atoms with van der Waals surface area (Å²) in [6.07, 6.45) is 2.93. The Morgan fingerprint density at radius 3 is 2.80 bits per heavy atom. The maximum atomic E-state index is 11.2. The number of fused-ring (bicyclic) bond motifs is 1. The van der Waals surface area contributed by atoms with Gasteiger partial charge in [0.05, 0.1) is 0 Å². The molecule has 1 aromatic heterocycles. The Morgan fingerprint density at radius 1 is 1.40 bits per heavy atom. The lowest BCUT2D eigenvalue weighted by Gasteiger charge is -2.20. The number of benzene rings is 1. The Hall–Kier alpha value is -1.81.